The van der Waals surface area contributed by atoms with Crippen molar-refractivity contribution in [3.8, 4) is 11.3 Å². The van der Waals surface area contributed by atoms with Crippen LogP contribution < -0.4 is 16.0 Å². The predicted octanol–water partition coefficient (Wildman–Crippen LogP) is 5.43. The minimum Gasteiger partial charge on any atom is -0.348 e. The van der Waals surface area contributed by atoms with Crippen LogP contribution in [0.3, 0.4) is 0 Å². The van der Waals surface area contributed by atoms with E-state index in [4.69, 9.17) is 11.6 Å². The Bertz CT molecular complexity index is 1320. The molecule has 0 bridgehead atoms. The molecule has 0 saturated carbocycles. The first kappa shape index (κ1) is 22.9. The molecule has 0 atom stereocenters. The van der Waals surface area contributed by atoms with E-state index >= 15 is 0 Å². The Morgan fingerprint density at radius 1 is 0.912 bits per heavy atom. The van der Waals surface area contributed by atoms with Gasteiger partial charge in [-0.1, -0.05) is 48.0 Å². The fourth-order valence-corrected chi connectivity index (χ4v) is 3.50. The summed E-state index contributed by atoms with van der Waals surface area (Å²) < 4.78 is 0. The fourth-order valence-electron chi connectivity index (χ4n) is 3.29. The van der Waals surface area contributed by atoms with Gasteiger partial charge in [-0.25, -0.2) is 9.97 Å². The zero-order chi connectivity index (χ0) is 23.9. The molecule has 7 nitrogen and oxygen atoms in total. The molecule has 0 unspecified atom stereocenters. The summed E-state index contributed by atoms with van der Waals surface area (Å²) in [5.74, 6) is 0.0654. The van der Waals surface area contributed by atoms with Gasteiger partial charge in [0.2, 0.25) is 11.9 Å². The van der Waals surface area contributed by atoms with Crippen LogP contribution in [0.2, 0.25) is 5.02 Å². The molecule has 4 aromatic rings. The van der Waals surface area contributed by atoms with Crippen molar-refractivity contribution in [1.82, 2.24) is 15.3 Å². The molecule has 2 amide bonds. The summed E-state index contributed by atoms with van der Waals surface area (Å²) >= 11 is 6.16. The molecule has 1 heterocycles. The summed E-state index contributed by atoms with van der Waals surface area (Å²) in [5.41, 5.74) is 4.36. The van der Waals surface area contributed by atoms with Crippen LogP contribution in [-0.4, -0.2) is 21.8 Å². The Kier molecular flexibility index (Phi) is 7.15. The summed E-state index contributed by atoms with van der Waals surface area (Å²) in [6.45, 7) is 1.80. The Hall–Kier alpha value is -4.23. The second-order valence-electron chi connectivity index (χ2n) is 7.50. The van der Waals surface area contributed by atoms with Crippen molar-refractivity contribution in [2.24, 2.45) is 0 Å². The number of carbonyl (C=O) groups excluding carboxylic acids is 2. The van der Waals surface area contributed by atoms with E-state index in [1.165, 1.54) is 6.92 Å². The van der Waals surface area contributed by atoms with Gasteiger partial charge in [-0.05, 0) is 48.0 Å². The van der Waals surface area contributed by atoms with Gasteiger partial charge >= 0.3 is 0 Å². The Labute approximate surface area is 202 Å². The second kappa shape index (κ2) is 10.6. The van der Waals surface area contributed by atoms with Gasteiger partial charge in [0.15, 0.2) is 0 Å². The van der Waals surface area contributed by atoms with Crippen molar-refractivity contribution in [3.63, 3.8) is 0 Å². The van der Waals surface area contributed by atoms with Crippen molar-refractivity contribution >= 4 is 40.7 Å². The largest absolute Gasteiger partial charge is 0.348 e. The summed E-state index contributed by atoms with van der Waals surface area (Å²) in [6.07, 6.45) is 1.66. The van der Waals surface area contributed by atoms with Gasteiger partial charge < -0.3 is 16.0 Å². The van der Waals surface area contributed by atoms with Gasteiger partial charge in [-0.15, -0.1) is 0 Å². The Morgan fingerprint density at radius 2 is 1.71 bits per heavy atom. The van der Waals surface area contributed by atoms with Gasteiger partial charge in [0.1, 0.15) is 0 Å². The quantitative estimate of drug-likeness (QED) is 0.334. The number of hydrogen-bond donors (Lipinski definition) is 3. The molecule has 3 aromatic carbocycles. The molecule has 0 spiro atoms. The van der Waals surface area contributed by atoms with Crippen LogP contribution in [0.1, 0.15) is 22.8 Å². The van der Waals surface area contributed by atoms with Gasteiger partial charge in [0, 0.05) is 47.2 Å². The summed E-state index contributed by atoms with van der Waals surface area (Å²) in [6, 6.07) is 23.7. The van der Waals surface area contributed by atoms with E-state index in [0.717, 1.165) is 16.8 Å². The van der Waals surface area contributed by atoms with Crippen LogP contribution in [0.25, 0.3) is 11.3 Å². The molecular formula is C26H22ClN5O2. The average molecular weight is 472 g/mol. The number of anilines is 3. The number of nitrogens with one attached hydrogen (secondary N) is 3. The molecule has 0 saturated heterocycles. The van der Waals surface area contributed by atoms with Crippen LogP contribution in [-0.2, 0) is 11.3 Å². The molecule has 170 valence electrons. The van der Waals surface area contributed by atoms with Gasteiger partial charge in [0.25, 0.3) is 5.91 Å². The maximum atomic E-state index is 12.6. The topological polar surface area (TPSA) is 96.0 Å². The lowest BCUT2D eigenvalue weighted by molar-refractivity contribution is -0.114. The van der Waals surface area contributed by atoms with Crippen molar-refractivity contribution < 1.29 is 9.59 Å². The number of rotatable bonds is 7. The third-order valence-electron chi connectivity index (χ3n) is 4.93. The second-order valence-corrected chi connectivity index (χ2v) is 7.91. The maximum absolute atomic E-state index is 12.6. The first-order chi connectivity index (χ1) is 16.5. The monoisotopic (exact) mass is 471 g/mol. The molecular weight excluding hydrogens is 450 g/mol. The van der Waals surface area contributed by atoms with Crippen molar-refractivity contribution in [1.29, 1.82) is 0 Å². The Balaban J connectivity index is 1.44. The number of nitrogens with zero attached hydrogens (tertiary/aromatic N) is 2. The van der Waals surface area contributed by atoms with E-state index in [-0.39, 0.29) is 11.8 Å². The maximum Gasteiger partial charge on any atom is 0.251 e. The van der Waals surface area contributed by atoms with E-state index in [2.05, 4.69) is 25.9 Å². The normalized spacial score (nSPS) is 10.4. The van der Waals surface area contributed by atoms with Crippen LogP contribution in [0.4, 0.5) is 17.3 Å². The molecule has 8 heteroatoms. The van der Waals surface area contributed by atoms with Crippen LogP contribution in [0.5, 0.6) is 0 Å². The highest BCUT2D eigenvalue weighted by Crippen LogP contribution is 2.22. The van der Waals surface area contributed by atoms with Gasteiger partial charge in [-0.2, -0.15) is 0 Å². The molecule has 0 aliphatic carbocycles. The molecule has 0 radical (unpaired) electrons. The molecule has 0 fully saturated rings. The lowest BCUT2D eigenvalue weighted by atomic mass is 10.1. The lowest BCUT2D eigenvalue weighted by Crippen LogP contribution is -2.23. The van der Waals surface area contributed by atoms with E-state index in [9.17, 15) is 9.59 Å². The van der Waals surface area contributed by atoms with Gasteiger partial charge in [-0.3, -0.25) is 9.59 Å². The fraction of sp³-hybridized carbons (Fsp3) is 0.0769. The predicted molar refractivity (Wildman–Crippen MR) is 134 cm³/mol. The minimum absolute atomic E-state index is 0.124. The zero-order valence-electron chi connectivity index (χ0n) is 18.4. The Morgan fingerprint density at radius 3 is 2.47 bits per heavy atom. The molecule has 4 rings (SSSR count). The number of carbonyl (C=O) groups is 2. The number of hydrogen-bond acceptors (Lipinski definition) is 5. The number of halogens is 1. The third-order valence-corrected chi connectivity index (χ3v) is 5.30. The lowest BCUT2D eigenvalue weighted by Gasteiger charge is -2.10. The molecule has 1 aromatic heterocycles. The van der Waals surface area contributed by atoms with Crippen LogP contribution >= 0.6 is 11.6 Å². The van der Waals surface area contributed by atoms with Crippen molar-refractivity contribution in [2.45, 2.75) is 13.5 Å². The number of benzene rings is 3. The van der Waals surface area contributed by atoms with Crippen LogP contribution in [0.15, 0.2) is 85.1 Å². The SMILES string of the molecule is CC(=O)Nc1ccc(-c2ccnc(Nc3cccc(C(=O)NCc4ccccc4Cl)c3)n2)cc1. The molecule has 34 heavy (non-hydrogen) atoms. The van der Waals surface area contributed by atoms with E-state index < -0.39 is 0 Å². The van der Waals surface area contributed by atoms with Gasteiger partial charge in [0.05, 0.1) is 5.69 Å². The summed E-state index contributed by atoms with van der Waals surface area (Å²) in [7, 11) is 0. The third kappa shape index (κ3) is 5.96. The number of amides is 2. The summed E-state index contributed by atoms with van der Waals surface area (Å²) in [5, 5.41) is 9.39. The average Bonchev–Trinajstić information content (AvgIpc) is 2.84. The first-order valence-electron chi connectivity index (χ1n) is 10.6. The highest BCUT2D eigenvalue weighted by molar-refractivity contribution is 6.31. The van der Waals surface area contributed by atoms with Crippen LogP contribution in [0, 0.1) is 0 Å². The molecule has 0 aliphatic heterocycles. The van der Waals surface area contributed by atoms with Crippen molar-refractivity contribution in [2.75, 3.05) is 10.6 Å². The molecule has 0 aliphatic rings. The zero-order valence-corrected chi connectivity index (χ0v) is 19.1. The van der Waals surface area contributed by atoms with E-state index in [0.29, 0.717) is 34.5 Å². The summed E-state index contributed by atoms with van der Waals surface area (Å²) in [4.78, 5) is 32.7. The molecule has 3 N–H and O–H groups in total. The smallest absolute Gasteiger partial charge is 0.251 e. The van der Waals surface area contributed by atoms with E-state index in [1.54, 1.807) is 36.5 Å². The standard InChI is InChI=1S/C26H22ClN5O2/c1-17(33)30-21-11-9-18(10-12-21)24-13-14-28-26(32-24)31-22-7-4-6-19(15-22)25(34)29-16-20-5-2-3-8-23(20)27/h2-15H,16H2,1H3,(H,29,34)(H,30,33)(H,28,31,32). The van der Waals surface area contributed by atoms with E-state index in [1.807, 2.05) is 48.5 Å². The minimum atomic E-state index is -0.211. The van der Waals surface area contributed by atoms with Crippen molar-refractivity contribution in [3.05, 3.63) is 101 Å². The first-order valence-corrected chi connectivity index (χ1v) is 11.0. The highest BCUT2D eigenvalue weighted by Gasteiger charge is 2.09. The number of aromatic nitrogens is 2. The highest BCUT2D eigenvalue weighted by atomic mass is 35.5.